The summed E-state index contributed by atoms with van der Waals surface area (Å²) < 4.78 is 0. The Morgan fingerprint density at radius 3 is 2.61 bits per heavy atom. The van der Waals surface area contributed by atoms with E-state index in [0.29, 0.717) is 6.42 Å². The third-order valence-electron chi connectivity index (χ3n) is 8.90. The molecule has 2 heterocycles. The first-order chi connectivity index (χ1) is 17.4. The van der Waals surface area contributed by atoms with Crippen LogP contribution < -0.4 is 16.4 Å². The quantitative estimate of drug-likeness (QED) is 0.515. The number of likely N-dealkylation sites (tertiary alicyclic amines) is 1. The maximum Gasteiger partial charge on any atom is 0.237 e. The SMILES string of the molecule is Cc1cc(C)c(C[C@H](N)C(=O)N[C@@H]2CCNc3ccc(CN4CCC[C@H]5CCCC[C@@H]54)cc32)c(C)c1. The molecule has 3 aliphatic rings. The molecule has 5 heteroatoms. The average Bonchev–Trinajstić information content (AvgIpc) is 2.86. The van der Waals surface area contributed by atoms with Crippen molar-refractivity contribution in [2.75, 3.05) is 18.4 Å². The summed E-state index contributed by atoms with van der Waals surface area (Å²) in [5.41, 5.74) is 15.0. The first-order valence-electron chi connectivity index (χ1n) is 14.1. The Bertz CT molecular complexity index is 1070. The van der Waals surface area contributed by atoms with E-state index < -0.39 is 6.04 Å². The number of carbonyl (C=O) groups excluding carboxylic acids is 1. The summed E-state index contributed by atoms with van der Waals surface area (Å²) in [5.74, 6) is 0.833. The maximum absolute atomic E-state index is 13.2. The monoisotopic (exact) mass is 488 g/mol. The van der Waals surface area contributed by atoms with Crippen molar-refractivity contribution < 1.29 is 4.79 Å². The number of fused-ring (bicyclic) bond motifs is 2. The van der Waals surface area contributed by atoms with E-state index in [1.54, 1.807) is 0 Å². The molecular weight excluding hydrogens is 444 g/mol. The number of hydrogen-bond donors (Lipinski definition) is 3. The number of carbonyl (C=O) groups is 1. The minimum atomic E-state index is -0.553. The maximum atomic E-state index is 13.2. The Kier molecular flexibility index (Phi) is 7.68. The van der Waals surface area contributed by atoms with E-state index in [0.717, 1.165) is 37.2 Å². The summed E-state index contributed by atoms with van der Waals surface area (Å²) in [6, 6.07) is 11.4. The molecule has 0 aromatic heterocycles. The highest BCUT2D eigenvalue weighted by atomic mass is 16.2. The predicted octanol–water partition coefficient (Wildman–Crippen LogP) is 5.31. The van der Waals surface area contributed by atoms with Crippen molar-refractivity contribution in [3.8, 4) is 0 Å². The summed E-state index contributed by atoms with van der Waals surface area (Å²) in [6.07, 6.45) is 9.73. The molecule has 0 radical (unpaired) electrons. The first kappa shape index (κ1) is 25.3. The number of benzene rings is 2. The smallest absolute Gasteiger partial charge is 0.237 e. The Balaban J connectivity index is 1.27. The van der Waals surface area contributed by atoms with Crippen molar-refractivity contribution in [2.24, 2.45) is 11.7 Å². The van der Waals surface area contributed by atoms with Gasteiger partial charge in [0, 0.05) is 24.8 Å². The average molecular weight is 489 g/mol. The third-order valence-corrected chi connectivity index (χ3v) is 8.90. The van der Waals surface area contributed by atoms with Gasteiger partial charge in [0.2, 0.25) is 5.91 Å². The zero-order valence-electron chi connectivity index (χ0n) is 22.4. The Labute approximate surface area is 217 Å². The number of hydrogen-bond acceptors (Lipinski definition) is 4. The third kappa shape index (κ3) is 5.47. The number of aryl methyl sites for hydroxylation is 3. The largest absolute Gasteiger partial charge is 0.385 e. The normalized spacial score (nSPS) is 24.8. The van der Waals surface area contributed by atoms with Gasteiger partial charge in [0.25, 0.3) is 0 Å². The van der Waals surface area contributed by atoms with Crippen LogP contribution in [0.4, 0.5) is 5.69 Å². The molecule has 0 bridgehead atoms. The fraction of sp³-hybridized carbons (Fsp3) is 0.581. The molecule has 2 aromatic rings. The standard InChI is InChI=1S/C31H44N4O/c1-20-15-21(2)25(22(3)16-20)18-27(32)31(36)34-29-12-13-33-28-11-10-23(17-26(28)29)19-35-14-6-8-24-7-4-5-9-30(24)35/h10-11,15-17,24,27,29-30,33H,4-9,12-14,18-19,32H2,1-3H3,(H,34,36)/t24-,27+,29-,30+/m1/s1. The van der Waals surface area contributed by atoms with Crippen LogP contribution in [0, 0.1) is 26.7 Å². The minimum Gasteiger partial charge on any atom is -0.385 e. The summed E-state index contributed by atoms with van der Waals surface area (Å²) in [4.78, 5) is 15.9. The molecule has 36 heavy (non-hydrogen) atoms. The van der Waals surface area contributed by atoms with E-state index in [4.69, 9.17) is 5.73 Å². The number of rotatable bonds is 6. The number of amides is 1. The zero-order chi connectivity index (χ0) is 25.2. The summed E-state index contributed by atoms with van der Waals surface area (Å²) >= 11 is 0. The molecule has 2 fully saturated rings. The van der Waals surface area contributed by atoms with Gasteiger partial charge in [-0.3, -0.25) is 9.69 Å². The number of nitrogens with zero attached hydrogens (tertiary/aromatic N) is 1. The van der Waals surface area contributed by atoms with Gasteiger partial charge in [0.15, 0.2) is 0 Å². The van der Waals surface area contributed by atoms with E-state index in [-0.39, 0.29) is 11.9 Å². The predicted molar refractivity (Wildman–Crippen MR) is 148 cm³/mol. The van der Waals surface area contributed by atoms with Crippen LogP contribution >= 0.6 is 0 Å². The molecule has 5 rings (SSSR count). The molecule has 194 valence electrons. The number of nitrogens with two attached hydrogens (primary N) is 1. The lowest BCUT2D eigenvalue weighted by molar-refractivity contribution is -0.123. The van der Waals surface area contributed by atoms with Gasteiger partial charge in [-0.1, -0.05) is 42.7 Å². The molecule has 5 nitrogen and oxygen atoms in total. The molecule has 1 saturated heterocycles. The van der Waals surface area contributed by atoms with Crippen LogP contribution in [0.3, 0.4) is 0 Å². The van der Waals surface area contributed by atoms with Crippen LogP contribution in [0.5, 0.6) is 0 Å². The Morgan fingerprint density at radius 1 is 1.06 bits per heavy atom. The van der Waals surface area contributed by atoms with Crippen LogP contribution in [-0.2, 0) is 17.8 Å². The molecule has 2 aliphatic heterocycles. The van der Waals surface area contributed by atoms with Crippen LogP contribution in [0.15, 0.2) is 30.3 Å². The Morgan fingerprint density at radius 2 is 1.81 bits per heavy atom. The lowest BCUT2D eigenvalue weighted by Crippen LogP contribution is -2.46. The number of piperidine rings is 1. The topological polar surface area (TPSA) is 70.4 Å². The first-order valence-corrected chi connectivity index (χ1v) is 14.1. The van der Waals surface area contributed by atoms with Crippen molar-refractivity contribution in [2.45, 2.75) is 96.8 Å². The van der Waals surface area contributed by atoms with Crippen LogP contribution in [0.1, 0.15) is 84.4 Å². The summed E-state index contributed by atoms with van der Waals surface area (Å²) in [6.45, 7) is 9.42. The van der Waals surface area contributed by atoms with Crippen molar-refractivity contribution >= 4 is 11.6 Å². The molecular formula is C31H44N4O. The second-order valence-electron chi connectivity index (χ2n) is 11.6. The van der Waals surface area contributed by atoms with Crippen LogP contribution in [0.25, 0.3) is 0 Å². The van der Waals surface area contributed by atoms with Crippen molar-refractivity contribution in [3.05, 3.63) is 63.7 Å². The molecule has 1 aliphatic carbocycles. The molecule has 2 aromatic carbocycles. The second-order valence-corrected chi connectivity index (χ2v) is 11.6. The van der Waals surface area contributed by atoms with Crippen molar-refractivity contribution in [1.82, 2.24) is 10.2 Å². The molecule has 0 spiro atoms. The molecule has 4 atom stereocenters. The summed E-state index contributed by atoms with van der Waals surface area (Å²) in [7, 11) is 0. The van der Waals surface area contributed by atoms with Gasteiger partial charge in [-0.15, -0.1) is 0 Å². The van der Waals surface area contributed by atoms with Gasteiger partial charge < -0.3 is 16.4 Å². The zero-order valence-corrected chi connectivity index (χ0v) is 22.4. The lowest BCUT2D eigenvalue weighted by atomic mass is 9.78. The molecule has 1 saturated carbocycles. The Hall–Kier alpha value is -2.37. The van der Waals surface area contributed by atoms with Crippen molar-refractivity contribution in [3.63, 3.8) is 0 Å². The molecule has 4 N–H and O–H groups in total. The highest BCUT2D eigenvalue weighted by Gasteiger charge is 2.33. The molecule has 0 unspecified atom stereocenters. The fourth-order valence-corrected chi connectivity index (χ4v) is 7.10. The van der Waals surface area contributed by atoms with E-state index in [2.05, 4.69) is 66.6 Å². The van der Waals surface area contributed by atoms with E-state index in [1.165, 1.54) is 78.5 Å². The second kappa shape index (κ2) is 10.9. The van der Waals surface area contributed by atoms with E-state index in [9.17, 15) is 4.79 Å². The van der Waals surface area contributed by atoms with E-state index >= 15 is 0 Å². The van der Waals surface area contributed by atoms with Gasteiger partial charge in [0.1, 0.15) is 0 Å². The van der Waals surface area contributed by atoms with Gasteiger partial charge in [-0.2, -0.15) is 0 Å². The summed E-state index contributed by atoms with van der Waals surface area (Å²) in [5, 5.41) is 6.84. The van der Waals surface area contributed by atoms with Gasteiger partial charge in [0.05, 0.1) is 12.1 Å². The highest BCUT2D eigenvalue weighted by molar-refractivity contribution is 5.82. The van der Waals surface area contributed by atoms with Gasteiger partial charge >= 0.3 is 0 Å². The minimum absolute atomic E-state index is 0.00347. The fourth-order valence-electron chi connectivity index (χ4n) is 7.10. The van der Waals surface area contributed by atoms with Crippen LogP contribution in [-0.4, -0.2) is 36.0 Å². The van der Waals surface area contributed by atoms with Crippen molar-refractivity contribution in [1.29, 1.82) is 0 Å². The molecule has 1 amide bonds. The van der Waals surface area contributed by atoms with E-state index in [1.807, 2.05) is 0 Å². The van der Waals surface area contributed by atoms with Gasteiger partial charge in [-0.05, 0) is 106 Å². The number of nitrogens with one attached hydrogen (secondary N) is 2. The van der Waals surface area contributed by atoms with Crippen LogP contribution in [0.2, 0.25) is 0 Å². The lowest BCUT2D eigenvalue weighted by Gasteiger charge is -2.44. The highest BCUT2D eigenvalue weighted by Crippen LogP contribution is 2.37. The van der Waals surface area contributed by atoms with Gasteiger partial charge in [-0.25, -0.2) is 0 Å². The number of anilines is 1.